The normalized spacial score (nSPS) is 18.4. The monoisotopic (exact) mass is 458 g/mol. The Morgan fingerprint density at radius 3 is 1.82 bits per heavy atom. The first-order valence-electron chi connectivity index (χ1n) is 12.1. The van der Waals surface area contributed by atoms with Crippen LogP contribution in [0.1, 0.15) is 99.8 Å². The molecule has 0 aromatic heterocycles. The van der Waals surface area contributed by atoms with Crippen molar-refractivity contribution in [2.75, 3.05) is 6.67 Å². The van der Waals surface area contributed by atoms with Gasteiger partial charge in [0.2, 0.25) is 0 Å². The van der Waals surface area contributed by atoms with Crippen molar-refractivity contribution in [3.8, 4) is 0 Å². The summed E-state index contributed by atoms with van der Waals surface area (Å²) >= 11 is 0. The maximum atomic E-state index is 12.6. The number of rotatable bonds is 13. The molecule has 3 nitrogen and oxygen atoms in total. The lowest BCUT2D eigenvalue weighted by Crippen LogP contribution is -2.26. The topological polar surface area (TPSA) is 54.4 Å². The van der Waals surface area contributed by atoms with Crippen LogP contribution in [0.5, 0.6) is 0 Å². The third-order valence-electron chi connectivity index (χ3n) is 6.67. The largest absolute Gasteiger partial charge is 0.390 e. The number of ketones is 2. The van der Waals surface area contributed by atoms with Crippen molar-refractivity contribution >= 4 is 11.6 Å². The van der Waals surface area contributed by atoms with Gasteiger partial charge in [-0.25, -0.2) is 4.39 Å². The first-order valence-corrected chi connectivity index (χ1v) is 12.1. The second kappa shape index (κ2) is 13.6. The molecule has 1 N–H and O–H groups in total. The summed E-state index contributed by atoms with van der Waals surface area (Å²) < 4.78 is 12.4. The van der Waals surface area contributed by atoms with E-state index < -0.39 is 5.60 Å². The quantitative estimate of drug-likeness (QED) is 0.230. The van der Waals surface area contributed by atoms with Crippen LogP contribution in [0.4, 0.5) is 4.39 Å². The van der Waals surface area contributed by atoms with Crippen LogP contribution in [-0.2, 0) is 9.59 Å². The number of halogens is 1. The Labute approximate surface area is 200 Å². The molecular weight excluding hydrogens is 415 g/mol. The summed E-state index contributed by atoms with van der Waals surface area (Å²) in [6.07, 6.45) is 12.5. The zero-order valence-electron chi connectivity index (χ0n) is 21.7. The average molecular weight is 459 g/mol. The molecule has 33 heavy (non-hydrogen) atoms. The van der Waals surface area contributed by atoms with Crippen LogP contribution in [0, 0.1) is 0 Å². The summed E-state index contributed by atoms with van der Waals surface area (Å²) in [6, 6.07) is 0. The van der Waals surface area contributed by atoms with E-state index in [2.05, 4.69) is 26.0 Å². The minimum atomic E-state index is -0.890. The molecule has 0 saturated carbocycles. The molecule has 0 amide bonds. The summed E-state index contributed by atoms with van der Waals surface area (Å²) in [7, 11) is 0. The number of aliphatic hydroxyl groups is 1. The number of hydrogen-bond acceptors (Lipinski definition) is 3. The predicted octanol–water partition coefficient (Wildman–Crippen LogP) is 7.47. The van der Waals surface area contributed by atoms with Crippen molar-refractivity contribution in [2.24, 2.45) is 0 Å². The molecule has 1 aliphatic carbocycles. The smallest absolute Gasteiger partial charge is 0.185 e. The van der Waals surface area contributed by atoms with Gasteiger partial charge < -0.3 is 5.11 Å². The molecule has 1 unspecified atom stereocenters. The van der Waals surface area contributed by atoms with E-state index in [0.717, 1.165) is 37.7 Å². The third kappa shape index (κ3) is 9.75. The SMILES string of the molecule is CC1=C(C)C(=O)C(CCC(C)(O)CC/C=C(\C)CC/C=C(\C)CC/C=C(/C)CF)=C(C)C1=O. The van der Waals surface area contributed by atoms with E-state index in [1.807, 2.05) is 13.0 Å². The Morgan fingerprint density at radius 2 is 1.27 bits per heavy atom. The van der Waals surface area contributed by atoms with E-state index in [1.54, 1.807) is 27.7 Å². The number of Topliss-reactive ketones (excluding diaryl/α,β-unsaturated/α-hetero) is 2. The Balaban J connectivity index is 2.47. The van der Waals surface area contributed by atoms with Gasteiger partial charge in [0, 0.05) is 22.3 Å². The van der Waals surface area contributed by atoms with Gasteiger partial charge in [-0.3, -0.25) is 9.59 Å². The van der Waals surface area contributed by atoms with Crippen molar-refractivity contribution in [1.29, 1.82) is 0 Å². The maximum absolute atomic E-state index is 12.6. The van der Waals surface area contributed by atoms with Crippen molar-refractivity contribution < 1.29 is 19.1 Å². The zero-order valence-corrected chi connectivity index (χ0v) is 21.7. The molecule has 0 aromatic carbocycles. The highest BCUT2D eigenvalue weighted by molar-refractivity contribution is 6.24. The van der Waals surface area contributed by atoms with Crippen LogP contribution in [0.3, 0.4) is 0 Å². The lowest BCUT2D eigenvalue weighted by Gasteiger charge is -2.25. The van der Waals surface area contributed by atoms with Gasteiger partial charge in [0.15, 0.2) is 11.6 Å². The lowest BCUT2D eigenvalue weighted by molar-refractivity contribution is -0.116. The fourth-order valence-corrected chi connectivity index (χ4v) is 3.96. The van der Waals surface area contributed by atoms with Crippen molar-refractivity contribution in [3.63, 3.8) is 0 Å². The van der Waals surface area contributed by atoms with Crippen LogP contribution in [0.2, 0.25) is 0 Å². The van der Waals surface area contributed by atoms with Crippen LogP contribution >= 0.6 is 0 Å². The minimum absolute atomic E-state index is 0.0593. The van der Waals surface area contributed by atoms with Crippen LogP contribution in [0.15, 0.2) is 57.2 Å². The van der Waals surface area contributed by atoms with Gasteiger partial charge in [-0.15, -0.1) is 0 Å². The van der Waals surface area contributed by atoms with Crippen LogP contribution in [0.25, 0.3) is 0 Å². The van der Waals surface area contributed by atoms with E-state index in [4.69, 9.17) is 0 Å². The number of carbonyl (C=O) groups excluding carboxylic acids is 2. The summed E-state index contributed by atoms with van der Waals surface area (Å²) in [6.45, 7) is 12.6. The molecule has 184 valence electrons. The van der Waals surface area contributed by atoms with Gasteiger partial charge in [0.25, 0.3) is 0 Å². The predicted molar refractivity (Wildman–Crippen MR) is 136 cm³/mol. The Hall–Kier alpha value is -2.07. The number of hydrogen-bond donors (Lipinski definition) is 1. The molecule has 0 spiro atoms. The van der Waals surface area contributed by atoms with Gasteiger partial charge in [-0.05, 0) is 105 Å². The van der Waals surface area contributed by atoms with Gasteiger partial charge >= 0.3 is 0 Å². The van der Waals surface area contributed by atoms with Crippen LogP contribution in [-0.4, -0.2) is 28.9 Å². The highest BCUT2D eigenvalue weighted by atomic mass is 19.1. The fourth-order valence-electron chi connectivity index (χ4n) is 3.96. The highest BCUT2D eigenvalue weighted by Crippen LogP contribution is 2.30. The number of carbonyl (C=O) groups is 2. The molecule has 0 aromatic rings. The average Bonchev–Trinajstić information content (AvgIpc) is 2.76. The van der Waals surface area contributed by atoms with Gasteiger partial charge in [-0.2, -0.15) is 0 Å². The van der Waals surface area contributed by atoms with Gasteiger partial charge in [-0.1, -0.05) is 29.4 Å². The van der Waals surface area contributed by atoms with E-state index in [9.17, 15) is 19.1 Å². The second-order valence-corrected chi connectivity index (χ2v) is 9.91. The Morgan fingerprint density at radius 1 is 0.788 bits per heavy atom. The summed E-state index contributed by atoms with van der Waals surface area (Å²) in [5, 5.41) is 10.8. The first kappa shape index (κ1) is 29.0. The molecule has 0 heterocycles. The summed E-state index contributed by atoms with van der Waals surface area (Å²) in [5.74, 6) is -0.121. The molecule has 1 atom stereocenters. The van der Waals surface area contributed by atoms with Gasteiger partial charge in [0.1, 0.15) is 6.67 Å². The molecule has 0 fully saturated rings. The molecule has 4 heteroatoms. The zero-order chi connectivity index (χ0) is 25.2. The first-order chi connectivity index (χ1) is 15.4. The molecule has 0 aliphatic heterocycles. The third-order valence-corrected chi connectivity index (χ3v) is 6.67. The number of alkyl halides is 1. The molecular formula is C29H43FO3. The lowest BCUT2D eigenvalue weighted by atomic mass is 9.82. The molecule has 1 rings (SSSR count). The minimum Gasteiger partial charge on any atom is -0.390 e. The van der Waals surface area contributed by atoms with Crippen LogP contribution < -0.4 is 0 Å². The van der Waals surface area contributed by atoms with E-state index in [0.29, 0.717) is 41.6 Å². The van der Waals surface area contributed by atoms with Crippen molar-refractivity contribution in [3.05, 3.63) is 57.2 Å². The van der Waals surface area contributed by atoms with Crippen molar-refractivity contribution in [2.45, 2.75) is 105 Å². The second-order valence-electron chi connectivity index (χ2n) is 9.91. The molecule has 0 saturated heterocycles. The highest BCUT2D eigenvalue weighted by Gasteiger charge is 2.29. The van der Waals surface area contributed by atoms with E-state index in [1.165, 1.54) is 11.1 Å². The maximum Gasteiger partial charge on any atom is 0.185 e. The molecule has 1 aliphatic rings. The van der Waals surface area contributed by atoms with Crippen molar-refractivity contribution in [1.82, 2.24) is 0 Å². The summed E-state index contributed by atoms with van der Waals surface area (Å²) in [4.78, 5) is 24.9. The van der Waals surface area contributed by atoms with Gasteiger partial charge in [0.05, 0.1) is 5.60 Å². The number of allylic oxidation sites excluding steroid dienone is 10. The molecule has 0 radical (unpaired) electrons. The Kier molecular flexibility index (Phi) is 11.9. The fraction of sp³-hybridized carbons (Fsp3) is 0.586. The van der Waals surface area contributed by atoms with E-state index >= 15 is 0 Å². The summed E-state index contributed by atoms with van der Waals surface area (Å²) in [5.41, 5.74) is 4.65. The standard InChI is InChI=1S/C29H43FO3/c1-20(13-9-14-22(3)19-30)11-8-12-21(2)15-10-17-29(7,33)18-16-26-25(6)27(31)23(4)24(5)28(26)32/h11,14-15,33H,8-10,12-13,16-19H2,1-7H3/b20-11+,21-15+,22-14-. The Bertz CT molecular complexity index is 879. The van der Waals surface area contributed by atoms with E-state index in [-0.39, 0.29) is 18.2 Å². The molecule has 0 bridgehead atoms.